The molecular weight excluding hydrogens is 110 g/mol. The summed E-state index contributed by atoms with van der Waals surface area (Å²) in [6, 6.07) is 1.79. The highest BCUT2D eigenvalue weighted by Crippen LogP contribution is 1.89. The summed E-state index contributed by atoms with van der Waals surface area (Å²) in [7, 11) is 0. The molecule has 3 nitrogen and oxygen atoms in total. The van der Waals surface area contributed by atoms with Crippen LogP contribution >= 0.6 is 11.5 Å². The lowest BCUT2D eigenvalue weighted by Crippen LogP contribution is -1.68. The maximum absolute atomic E-state index is 8.05. The summed E-state index contributed by atoms with van der Waals surface area (Å²) in [4.78, 5) is 0. The molecule has 0 aliphatic carbocycles. The fourth-order valence-electron chi connectivity index (χ4n) is 0.190. The van der Waals surface area contributed by atoms with Crippen LogP contribution in [-0.4, -0.2) is 9.59 Å². The van der Waals surface area contributed by atoms with Crippen LogP contribution in [0.5, 0.6) is 0 Å². The van der Waals surface area contributed by atoms with Gasteiger partial charge in [-0.25, -0.2) is 0 Å². The Hall–Kier alpha value is -0.950. The van der Waals surface area contributed by atoms with Crippen LogP contribution in [0.2, 0.25) is 0 Å². The molecule has 0 aliphatic heterocycles. The molecule has 4 heteroatoms. The second kappa shape index (κ2) is 1.67. The van der Waals surface area contributed by atoms with Crippen molar-refractivity contribution >= 4 is 11.5 Å². The van der Waals surface area contributed by atoms with Crippen LogP contribution in [0.15, 0.2) is 0 Å². The second-order valence-electron chi connectivity index (χ2n) is 0.835. The van der Waals surface area contributed by atoms with E-state index in [1.165, 1.54) is 0 Å². The Morgan fingerprint density at radius 3 is 3.00 bits per heavy atom. The highest BCUT2D eigenvalue weighted by Gasteiger charge is 1.87. The molecule has 1 aromatic heterocycles. The summed E-state index contributed by atoms with van der Waals surface area (Å²) < 4.78 is 3.41. The molecule has 0 spiro atoms. The third-order valence-corrected chi connectivity index (χ3v) is 0.878. The number of aromatic nitrogens is 2. The van der Waals surface area contributed by atoms with E-state index in [0.29, 0.717) is 0 Å². The molecule has 0 saturated carbocycles. The maximum Gasteiger partial charge on any atom is 0.184 e. The molecule has 7 heavy (non-hydrogen) atoms. The van der Waals surface area contributed by atoms with E-state index in [1.807, 2.05) is 0 Å². The van der Waals surface area contributed by atoms with E-state index in [9.17, 15) is 0 Å². The van der Waals surface area contributed by atoms with Crippen LogP contribution in [-0.2, 0) is 0 Å². The molecule has 0 aliphatic rings. The average molecular weight is 110 g/mol. The van der Waals surface area contributed by atoms with Gasteiger partial charge in [-0.3, -0.25) is 0 Å². The number of nitrogens with zero attached hydrogens (tertiary/aromatic N) is 3. The molecule has 0 N–H and O–H groups in total. The van der Waals surface area contributed by atoms with Crippen LogP contribution in [0, 0.1) is 16.7 Å². The lowest BCUT2D eigenvalue weighted by Gasteiger charge is -1.57. The highest BCUT2D eigenvalue weighted by molar-refractivity contribution is 7.02. The fraction of sp³-hybridized carbons (Fsp3) is 0. The van der Waals surface area contributed by atoms with Gasteiger partial charge in [-0.1, -0.05) is 4.49 Å². The van der Waals surface area contributed by atoms with Gasteiger partial charge < -0.3 is 0 Å². The molecule has 0 bridgehead atoms. The van der Waals surface area contributed by atoms with Crippen molar-refractivity contribution in [3.8, 4) is 6.07 Å². The SMILES string of the molecule is N#Cc1[c]snn1. The topological polar surface area (TPSA) is 49.6 Å². The summed E-state index contributed by atoms with van der Waals surface area (Å²) in [5.74, 6) is 0. The van der Waals surface area contributed by atoms with E-state index in [-0.39, 0.29) is 5.69 Å². The van der Waals surface area contributed by atoms with E-state index in [2.05, 4.69) is 15.0 Å². The Labute approximate surface area is 44.4 Å². The minimum absolute atomic E-state index is 0.269. The van der Waals surface area contributed by atoms with Gasteiger partial charge in [0.15, 0.2) is 5.69 Å². The predicted molar refractivity (Wildman–Crippen MR) is 23.5 cm³/mol. The Bertz CT molecular complexity index is 173. The lowest BCUT2D eigenvalue weighted by atomic mass is 10.6. The van der Waals surface area contributed by atoms with Gasteiger partial charge in [-0.15, -0.1) is 5.10 Å². The molecule has 33 valence electrons. The van der Waals surface area contributed by atoms with Gasteiger partial charge >= 0.3 is 0 Å². The van der Waals surface area contributed by atoms with Gasteiger partial charge in [0.2, 0.25) is 0 Å². The molecule has 0 amide bonds. The molecule has 1 heterocycles. The molecule has 1 radical (unpaired) electrons. The van der Waals surface area contributed by atoms with Gasteiger partial charge in [0.1, 0.15) is 11.4 Å². The number of nitriles is 1. The van der Waals surface area contributed by atoms with Crippen molar-refractivity contribution in [2.45, 2.75) is 0 Å². The molecule has 0 unspecified atom stereocenters. The van der Waals surface area contributed by atoms with Crippen molar-refractivity contribution in [2.75, 3.05) is 0 Å². The highest BCUT2D eigenvalue weighted by atomic mass is 32.1. The zero-order valence-corrected chi connectivity index (χ0v) is 4.07. The first-order valence-electron chi connectivity index (χ1n) is 1.53. The summed E-state index contributed by atoms with van der Waals surface area (Å²) in [6.07, 6.45) is 0. The van der Waals surface area contributed by atoms with Crippen LogP contribution in [0.3, 0.4) is 0 Å². The number of hydrogen-bond donors (Lipinski definition) is 0. The largest absolute Gasteiger partial charge is 0.191 e. The first-order chi connectivity index (χ1) is 3.43. The molecule has 1 aromatic rings. The fourth-order valence-corrected chi connectivity index (χ4v) is 0.527. The molecule has 0 fully saturated rings. The van der Waals surface area contributed by atoms with Gasteiger partial charge in [0, 0.05) is 0 Å². The molecule has 0 saturated heterocycles. The minimum Gasteiger partial charge on any atom is -0.191 e. The molecular formula is C3N3S. The Kier molecular flexibility index (Phi) is 1.00. The third-order valence-electron chi connectivity index (χ3n) is 0.430. The zero-order valence-electron chi connectivity index (χ0n) is 3.25. The summed E-state index contributed by atoms with van der Waals surface area (Å²) in [6.45, 7) is 0. The summed E-state index contributed by atoms with van der Waals surface area (Å²) in [5.41, 5.74) is 0.269. The van der Waals surface area contributed by atoms with Crippen LogP contribution in [0.25, 0.3) is 0 Å². The standard InChI is InChI=1S/C3N3S/c4-1-3-2-7-6-5-3. The normalized spacial score (nSPS) is 7.86. The number of rotatable bonds is 0. The van der Waals surface area contributed by atoms with E-state index >= 15 is 0 Å². The predicted octanol–water partition coefficient (Wildman–Crippen LogP) is 0.210. The molecule has 0 aromatic carbocycles. The van der Waals surface area contributed by atoms with E-state index in [4.69, 9.17) is 5.26 Å². The van der Waals surface area contributed by atoms with Crippen molar-refractivity contribution < 1.29 is 0 Å². The first-order valence-corrected chi connectivity index (χ1v) is 2.31. The van der Waals surface area contributed by atoms with Gasteiger partial charge in [0.25, 0.3) is 0 Å². The van der Waals surface area contributed by atoms with Crippen molar-refractivity contribution in [1.29, 1.82) is 5.26 Å². The molecule has 0 atom stereocenters. The molecule has 1 rings (SSSR count). The van der Waals surface area contributed by atoms with Crippen LogP contribution in [0.1, 0.15) is 5.69 Å². The smallest absolute Gasteiger partial charge is 0.184 e. The second-order valence-corrected chi connectivity index (χ2v) is 1.39. The third kappa shape index (κ3) is 0.725. The van der Waals surface area contributed by atoms with E-state index in [1.54, 1.807) is 6.07 Å². The lowest BCUT2D eigenvalue weighted by molar-refractivity contribution is 1.13. The van der Waals surface area contributed by atoms with Crippen molar-refractivity contribution in [2.24, 2.45) is 0 Å². The Morgan fingerprint density at radius 1 is 1.86 bits per heavy atom. The Balaban J connectivity index is 3.04. The van der Waals surface area contributed by atoms with E-state index < -0.39 is 0 Å². The summed E-state index contributed by atoms with van der Waals surface area (Å²) in [5, 5.41) is 14.0. The number of hydrogen-bond acceptors (Lipinski definition) is 4. The zero-order chi connectivity index (χ0) is 5.11. The first kappa shape index (κ1) is 4.22. The Morgan fingerprint density at radius 2 is 2.71 bits per heavy atom. The summed E-state index contributed by atoms with van der Waals surface area (Å²) >= 11 is 1.06. The maximum atomic E-state index is 8.05. The minimum atomic E-state index is 0.269. The van der Waals surface area contributed by atoms with Gasteiger partial charge in [-0.2, -0.15) is 5.26 Å². The monoisotopic (exact) mass is 110 g/mol. The van der Waals surface area contributed by atoms with E-state index in [0.717, 1.165) is 11.5 Å². The van der Waals surface area contributed by atoms with Crippen LogP contribution < -0.4 is 0 Å². The van der Waals surface area contributed by atoms with Gasteiger partial charge in [0.05, 0.1) is 0 Å². The van der Waals surface area contributed by atoms with Crippen LogP contribution in [0.4, 0.5) is 0 Å². The van der Waals surface area contributed by atoms with Gasteiger partial charge in [-0.05, 0) is 11.5 Å². The van der Waals surface area contributed by atoms with Crippen molar-refractivity contribution in [3.63, 3.8) is 0 Å². The quantitative estimate of drug-likeness (QED) is 0.479. The van der Waals surface area contributed by atoms with Crippen molar-refractivity contribution in [1.82, 2.24) is 9.59 Å². The van der Waals surface area contributed by atoms with Crippen molar-refractivity contribution in [3.05, 3.63) is 11.1 Å². The average Bonchev–Trinajstić information content (AvgIpc) is 2.14.